The Hall–Kier alpha value is -0.750. The summed E-state index contributed by atoms with van der Waals surface area (Å²) in [6.45, 7) is 5.10. The number of rotatable bonds is 4. The minimum atomic E-state index is -1.28. The third-order valence-corrected chi connectivity index (χ3v) is 2.02. The molecule has 88 valence electrons. The molecule has 0 fully saturated rings. The molecule has 15 heavy (non-hydrogen) atoms. The van der Waals surface area contributed by atoms with Gasteiger partial charge in [-0.25, -0.2) is 0 Å². The average molecular weight is 235 g/mol. The molecule has 3 N–H and O–H groups in total. The van der Waals surface area contributed by atoms with Crippen molar-refractivity contribution in [1.29, 1.82) is 0 Å². The molecule has 0 aromatic carbocycles. The summed E-state index contributed by atoms with van der Waals surface area (Å²) in [5.41, 5.74) is 4.69. The lowest BCUT2D eigenvalue weighted by Gasteiger charge is -2.24. The molecule has 0 amide bonds. The number of ether oxygens (including phenoxy) is 1. The van der Waals surface area contributed by atoms with Crippen LogP contribution in [0.5, 0.6) is 0 Å². The van der Waals surface area contributed by atoms with Crippen LogP contribution in [-0.2, 0) is 14.3 Å². The highest BCUT2D eigenvalue weighted by molar-refractivity contribution is 7.80. The van der Waals surface area contributed by atoms with Gasteiger partial charge in [0.05, 0.1) is 5.92 Å². The molecule has 0 aliphatic heterocycles. The fraction of sp³-hybridized carbons (Fsp3) is 0.778. The maximum atomic E-state index is 11.5. The Bertz CT molecular complexity index is 249. The van der Waals surface area contributed by atoms with Crippen LogP contribution in [0.25, 0.3) is 0 Å². The molecule has 0 aromatic rings. The van der Waals surface area contributed by atoms with E-state index in [2.05, 4.69) is 12.6 Å². The number of carboxylic acid groups (broad SMARTS) is 1. The van der Waals surface area contributed by atoms with Crippen LogP contribution in [0.4, 0.5) is 0 Å². The molecule has 6 heteroatoms. The molecule has 0 spiro atoms. The molecule has 0 saturated carbocycles. The van der Waals surface area contributed by atoms with E-state index in [0.29, 0.717) is 0 Å². The predicted molar refractivity (Wildman–Crippen MR) is 58.8 cm³/mol. The van der Waals surface area contributed by atoms with Crippen LogP contribution in [-0.4, -0.2) is 34.4 Å². The molecular weight excluding hydrogens is 218 g/mol. The number of carboxylic acids is 1. The van der Waals surface area contributed by atoms with E-state index in [4.69, 9.17) is 15.6 Å². The lowest BCUT2D eigenvalue weighted by atomic mass is 10.0. The second-order valence-electron chi connectivity index (χ2n) is 4.19. The number of hydrogen-bond acceptors (Lipinski definition) is 5. The minimum Gasteiger partial charge on any atom is -0.480 e. The third kappa shape index (κ3) is 5.03. The molecule has 5 nitrogen and oxygen atoms in total. The van der Waals surface area contributed by atoms with E-state index in [1.54, 1.807) is 20.8 Å². The van der Waals surface area contributed by atoms with Crippen molar-refractivity contribution in [2.24, 2.45) is 11.7 Å². The monoisotopic (exact) mass is 235 g/mol. The van der Waals surface area contributed by atoms with Crippen LogP contribution >= 0.6 is 12.6 Å². The van der Waals surface area contributed by atoms with Gasteiger partial charge < -0.3 is 15.6 Å². The molecule has 0 heterocycles. The minimum absolute atomic E-state index is 0.0440. The van der Waals surface area contributed by atoms with E-state index in [9.17, 15) is 9.59 Å². The van der Waals surface area contributed by atoms with Crippen molar-refractivity contribution in [3.63, 3.8) is 0 Å². The number of aliphatic carboxylic acids is 1. The first kappa shape index (κ1) is 14.2. The summed E-state index contributed by atoms with van der Waals surface area (Å²) < 4.78 is 5.03. The zero-order valence-electron chi connectivity index (χ0n) is 9.06. The number of carbonyl (C=O) groups excluding carboxylic acids is 1. The van der Waals surface area contributed by atoms with Crippen LogP contribution in [0.15, 0.2) is 0 Å². The van der Waals surface area contributed by atoms with E-state index in [-0.39, 0.29) is 5.75 Å². The molecule has 0 rings (SSSR count). The predicted octanol–water partition coefficient (Wildman–Crippen LogP) is 0.286. The molecule has 0 aliphatic carbocycles. The first-order valence-corrected chi connectivity index (χ1v) is 5.14. The van der Waals surface area contributed by atoms with Gasteiger partial charge in [-0.05, 0) is 20.8 Å². The van der Waals surface area contributed by atoms with Gasteiger partial charge in [0.25, 0.3) is 0 Å². The van der Waals surface area contributed by atoms with Crippen LogP contribution in [0, 0.1) is 5.92 Å². The molecule has 0 aliphatic rings. The van der Waals surface area contributed by atoms with Gasteiger partial charge in [0, 0.05) is 5.75 Å². The number of thiol groups is 1. The summed E-state index contributed by atoms with van der Waals surface area (Å²) in [4.78, 5) is 22.1. The Balaban J connectivity index is 4.55. The lowest BCUT2D eigenvalue weighted by molar-refractivity contribution is -0.162. The van der Waals surface area contributed by atoms with Crippen molar-refractivity contribution in [2.75, 3.05) is 5.75 Å². The third-order valence-electron chi connectivity index (χ3n) is 1.62. The van der Waals surface area contributed by atoms with Crippen LogP contribution in [0.2, 0.25) is 0 Å². The Morgan fingerprint density at radius 2 is 1.93 bits per heavy atom. The fourth-order valence-electron chi connectivity index (χ4n) is 0.884. The maximum absolute atomic E-state index is 11.5. The molecule has 0 bridgehead atoms. The van der Waals surface area contributed by atoms with Crippen molar-refractivity contribution in [2.45, 2.75) is 32.4 Å². The van der Waals surface area contributed by atoms with Gasteiger partial charge in [0.15, 0.2) is 0 Å². The summed E-state index contributed by atoms with van der Waals surface area (Å²) >= 11 is 3.89. The second kappa shape index (κ2) is 5.37. The van der Waals surface area contributed by atoms with Crippen molar-refractivity contribution in [3.05, 3.63) is 0 Å². The van der Waals surface area contributed by atoms with Crippen molar-refractivity contribution >= 4 is 24.6 Å². The average Bonchev–Trinajstić information content (AvgIpc) is 2.01. The number of hydrogen-bond donors (Lipinski definition) is 3. The zero-order valence-corrected chi connectivity index (χ0v) is 9.95. The highest BCUT2D eigenvalue weighted by atomic mass is 32.1. The van der Waals surface area contributed by atoms with Gasteiger partial charge in [-0.3, -0.25) is 9.59 Å². The van der Waals surface area contributed by atoms with Gasteiger partial charge in [0.1, 0.15) is 11.6 Å². The summed E-state index contributed by atoms with van der Waals surface area (Å²) in [5, 5.41) is 8.66. The zero-order chi connectivity index (χ0) is 12.2. The fourth-order valence-corrected chi connectivity index (χ4v) is 1.26. The molecular formula is C9H17NO4S. The van der Waals surface area contributed by atoms with Crippen LogP contribution in [0.1, 0.15) is 20.8 Å². The Labute approximate surface area is 94.4 Å². The molecule has 0 radical (unpaired) electrons. The van der Waals surface area contributed by atoms with E-state index < -0.39 is 29.5 Å². The van der Waals surface area contributed by atoms with Crippen molar-refractivity contribution < 1.29 is 19.4 Å². The van der Waals surface area contributed by atoms with Gasteiger partial charge in [-0.2, -0.15) is 12.6 Å². The lowest BCUT2D eigenvalue weighted by Crippen LogP contribution is -2.45. The Morgan fingerprint density at radius 1 is 1.47 bits per heavy atom. The van der Waals surface area contributed by atoms with E-state index in [1.807, 2.05) is 0 Å². The van der Waals surface area contributed by atoms with Gasteiger partial charge >= 0.3 is 11.9 Å². The largest absolute Gasteiger partial charge is 0.480 e. The first-order chi connectivity index (χ1) is 6.69. The Kier molecular flexibility index (Phi) is 5.10. The van der Waals surface area contributed by atoms with Crippen LogP contribution < -0.4 is 5.73 Å². The number of carbonyl (C=O) groups is 2. The molecule has 1 unspecified atom stereocenters. The number of esters is 1. The smallest absolute Gasteiger partial charge is 0.321 e. The molecule has 0 aromatic heterocycles. The summed E-state index contributed by atoms with van der Waals surface area (Å²) in [6.07, 6.45) is 0. The van der Waals surface area contributed by atoms with Gasteiger partial charge in [0.2, 0.25) is 0 Å². The van der Waals surface area contributed by atoms with Crippen LogP contribution in [0.3, 0.4) is 0 Å². The number of nitrogens with two attached hydrogens (primary N) is 1. The van der Waals surface area contributed by atoms with E-state index in [0.717, 1.165) is 0 Å². The normalized spacial score (nSPS) is 15.5. The SMILES string of the molecule is CC(C)(C)OC(=O)C(CS)[C@@H](N)C(=O)O. The van der Waals surface area contributed by atoms with Gasteiger partial charge in [-0.15, -0.1) is 0 Å². The highest BCUT2D eigenvalue weighted by Gasteiger charge is 2.33. The maximum Gasteiger partial charge on any atom is 0.321 e. The summed E-state index contributed by atoms with van der Waals surface area (Å²) in [5.74, 6) is -2.75. The van der Waals surface area contributed by atoms with Crippen molar-refractivity contribution in [3.8, 4) is 0 Å². The topological polar surface area (TPSA) is 89.6 Å². The summed E-state index contributed by atoms with van der Waals surface area (Å²) in [6, 6.07) is -1.28. The standard InChI is InChI=1S/C9H17NO4S/c1-9(2,3)14-8(13)5(4-15)6(10)7(11)12/h5-6,15H,4,10H2,1-3H3,(H,11,12)/t5?,6-/m1/s1. The van der Waals surface area contributed by atoms with E-state index in [1.165, 1.54) is 0 Å². The quantitative estimate of drug-likeness (QED) is 0.481. The van der Waals surface area contributed by atoms with Gasteiger partial charge in [-0.1, -0.05) is 0 Å². The highest BCUT2D eigenvalue weighted by Crippen LogP contribution is 2.14. The van der Waals surface area contributed by atoms with Crippen molar-refractivity contribution in [1.82, 2.24) is 0 Å². The van der Waals surface area contributed by atoms with E-state index >= 15 is 0 Å². The summed E-state index contributed by atoms with van der Waals surface area (Å²) in [7, 11) is 0. The molecule has 2 atom stereocenters. The molecule has 0 saturated heterocycles. The Morgan fingerprint density at radius 3 is 2.20 bits per heavy atom. The first-order valence-electron chi connectivity index (χ1n) is 4.51. The second-order valence-corrected chi connectivity index (χ2v) is 4.55.